The minimum atomic E-state index is -4.37. The van der Waals surface area contributed by atoms with E-state index in [-0.39, 0.29) is 22.3 Å². The van der Waals surface area contributed by atoms with Crippen LogP contribution in [-0.4, -0.2) is 0 Å². The van der Waals surface area contributed by atoms with E-state index in [0.717, 1.165) is 49.2 Å². The van der Waals surface area contributed by atoms with Crippen LogP contribution in [0.25, 0.3) is 11.1 Å². The number of rotatable bonds is 8. The lowest BCUT2D eigenvalue weighted by atomic mass is 10.0. The van der Waals surface area contributed by atoms with Crippen molar-refractivity contribution in [1.29, 1.82) is 0 Å². The molecule has 0 N–H and O–H groups in total. The Morgan fingerprint density at radius 2 is 1.21 bits per heavy atom. The minimum Gasteiger partial charge on any atom is -0.429 e. The largest absolute Gasteiger partial charge is 0.432 e. The van der Waals surface area contributed by atoms with Gasteiger partial charge in [-0.2, -0.15) is 8.78 Å². The van der Waals surface area contributed by atoms with Crippen LogP contribution < -0.4 is 4.74 Å². The van der Waals surface area contributed by atoms with Gasteiger partial charge in [-0.15, -0.1) is 0 Å². The van der Waals surface area contributed by atoms with Crippen molar-refractivity contribution in [3.63, 3.8) is 0 Å². The molecule has 10 heteroatoms. The van der Waals surface area contributed by atoms with Crippen LogP contribution >= 0.6 is 0 Å². The second-order valence-corrected chi connectivity index (χ2v) is 9.35. The molecule has 1 nitrogen and oxygen atoms in total. The Morgan fingerprint density at radius 3 is 1.76 bits per heavy atom. The van der Waals surface area contributed by atoms with Crippen LogP contribution in [0.3, 0.4) is 0 Å². The molecule has 0 heterocycles. The summed E-state index contributed by atoms with van der Waals surface area (Å²) in [6.07, 6.45) is -1.69. The van der Waals surface area contributed by atoms with Crippen LogP contribution in [0.2, 0.25) is 0 Å². The molecular weight excluding hydrogens is 571 g/mol. The molecule has 0 aliphatic heterocycles. The predicted molar refractivity (Wildman–Crippen MR) is 138 cm³/mol. The van der Waals surface area contributed by atoms with Gasteiger partial charge in [-0.1, -0.05) is 43.7 Å². The van der Waals surface area contributed by atoms with Gasteiger partial charge >= 0.3 is 6.11 Å². The monoisotopic (exact) mass is 592 g/mol. The summed E-state index contributed by atoms with van der Waals surface area (Å²) in [6.45, 7) is 1.95. The highest BCUT2D eigenvalue weighted by Crippen LogP contribution is 2.36. The first-order valence-electron chi connectivity index (χ1n) is 12.7. The molecule has 4 aromatic carbocycles. The van der Waals surface area contributed by atoms with Crippen LogP contribution in [0.1, 0.15) is 48.4 Å². The molecule has 4 aromatic rings. The summed E-state index contributed by atoms with van der Waals surface area (Å²) in [4.78, 5) is 0. The Morgan fingerprint density at radius 1 is 0.643 bits per heavy atom. The predicted octanol–water partition coefficient (Wildman–Crippen LogP) is 9.59. The fourth-order valence-electron chi connectivity index (χ4n) is 4.16. The van der Waals surface area contributed by atoms with Crippen molar-refractivity contribution < 1.29 is 44.3 Å². The van der Waals surface area contributed by atoms with Gasteiger partial charge in [0.25, 0.3) is 0 Å². The summed E-state index contributed by atoms with van der Waals surface area (Å²) in [5.74, 6) is -6.16. The number of ether oxygens (including phenoxy) is 1. The molecule has 0 atom stereocenters. The molecule has 0 aliphatic rings. The quantitative estimate of drug-likeness (QED) is 0.0857. The molecule has 0 amide bonds. The number of hydrogen-bond acceptors (Lipinski definition) is 1. The second kappa shape index (κ2) is 12.6. The van der Waals surface area contributed by atoms with E-state index in [2.05, 4.69) is 16.6 Å². The molecule has 0 unspecified atom stereocenters. The maximum Gasteiger partial charge on any atom is 0.432 e. The molecule has 0 spiro atoms. The van der Waals surface area contributed by atoms with Crippen LogP contribution in [-0.2, 0) is 12.5 Å². The first-order chi connectivity index (χ1) is 19.9. The van der Waals surface area contributed by atoms with Crippen molar-refractivity contribution in [2.45, 2.75) is 38.7 Å². The van der Waals surface area contributed by atoms with Crippen LogP contribution in [0.5, 0.6) is 5.75 Å². The van der Waals surface area contributed by atoms with Gasteiger partial charge in [0.2, 0.25) is 0 Å². The Balaban J connectivity index is 1.52. The van der Waals surface area contributed by atoms with Crippen molar-refractivity contribution in [3.05, 3.63) is 124 Å². The van der Waals surface area contributed by atoms with Crippen LogP contribution in [0.15, 0.2) is 60.7 Å². The Kier molecular flexibility index (Phi) is 9.20. The lowest BCUT2D eigenvalue weighted by molar-refractivity contribution is -0.189. The van der Waals surface area contributed by atoms with Gasteiger partial charge in [0.1, 0.15) is 34.6 Å². The zero-order chi connectivity index (χ0) is 30.6. The van der Waals surface area contributed by atoms with E-state index < -0.39 is 63.7 Å². The van der Waals surface area contributed by atoms with Crippen molar-refractivity contribution in [1.82, 2.24) is 0 Å². The average molecular weight is 593 g/mol. The molecule has 0 saturated heterocycles. The minimum absolute atomic E-state index is 0.0246. The molecule has 0 fully saturated rings. The van der Waals surface area contributed by atoms with E-state index in [1.54, 1.807) is 0 Å². The second-order valence-electron chi connectivity index (χ2n) is 9.35. The highest BCUT2D eigenvalue weighted by atomic mass is 19.3. The highest BCUT2D eigenvalue weighted by Gasteiger charge is 2.41. The zero-order valence-corrected chi connectivity index (χ0v) is 21.9. The van der Waals surface area contributed by atoms with E-state index in [4.69, 9.17) is 0 Å². The first-order valence-corrected chi connectivity index (χ1v) is 12.7. The topological polar surface area (TPSA) is 9.23 Å². The molecule has 0 bridgehead atoms. The van der Waals surface area contributed by atoms with E-state index in [0.29, 0.717) is 25.0 Å². The molecule has 0 radical (unpaired) electrons. The maximum atomic E-state index is 14.8. The van der Waals surface area contributed by atoms with Gasteiger partial charge in [-0.3, -0.25) is 0 Å². The summed E-state index contributed by atoms with van der Waals surface area (Å²) in [5.41, 5.74) is -2.24. The van der Waals surface area contributed by atoms with Gasteiger partial charge < -0.3 is 4.74 Å². The lowest BCUT2D eigenvalue weighted by Gasteiger charge is -2.20. The third-order valence-corrected chi connectivity index (χ3v) is 6.25. The van der Waals surface area contributed by atoms with Crippen molar-refractivity contribution in [2.75, 3.05) is 0 Å². The fourth-order valence-corrected chi connectivity index (χ4v) is 4.16. The van der Waals surface area contributed by atoms with E-state index >= 15 is 0 Å². The lowest BCUT2D eigenvalue weighted by Crippen LogP contribution is -2.25. The summed E-state index contributed by atoms with van der Waals surface area (Å²) in [7, 11) is 0. The summed E-state index contributed by atoms with van der Waals surface area (Å²) < 4.78 is 132. The molecule has 42 heavy (non-hydrogen) atoms. The van der Waals surface area contributed by atoms with Gasteiger partial charge in [-0.05, 0) is 78.1 Å². The maximum absolute atomic E-state index is 14.8. The number of aryl methyl sites for hydroxylation is 1. The van der Waals surface area contributed by atoms with Crippen molar-refractivity contribution in [3.8, 4) is 28.7 Å². The smallest absolute Gasteiger partial charge is 0.429 e. The van der Waals surface area contributed by atoms with E-state index in [1.807, 2.05) is 6.92 Å². The standard InChI is InChI=1S/C32H21F9O/c1-2-3-4-5-18-12-26(35)30(27(36)13-18)32(40,41)42-22-9-7-20(8-10-22)21-16-24(33)23(25(34)17-21)11-6-19-14-28(37)31(39)29(38)15-19/h7-10,12-17H,2-5H2,1H3. The van der Waals surface area contributed by atoms with E-state index in [9.17, 15) is 39.5 Å². The third kappa shape index (κ3) is 6.90. The Bertz CT molecular complexity index is 1600. The Hall–Kier alpha value is -4.39. The molecule has 218 valence electrons. The molecule has 0 saturated carbocycles. The average Bonchev–Trinajstić information content (AvgIpc) is 2.91. The van der Waals surface area contributed by atoms with Gasteiger partial charge in [0.05, 0.1) is 5.56 Å². The van der Waals surface area contributed by atoms with Gasteiger partial charge in [0, 0.05) is 5.56 Å². The number of halogens is 9. The third-order valence-electron chi connectivity index (χ3n) is 6.25. The fraction of sp³-hybridized carbons (Fsp3) is 0.188. The molecule has 0 aromatic heterocycles. The van der Waals surface area contributed by atoms with E-state index in [1.165, 1.54) is 12.1 Å². The summed E-state index contributed by atoms with van der Waals surface area (Å²) in [5, 5.41) is 0. The van der Waals surface area contributed by atoms with Crippen molar-refractivity contribution >= 4 is 0 Å². The molecular formula is C32H21F9O. The number of alkyl halides is 2. The zero-order valence-electron chi connectivity index (χ0n) is 21.9. The molecule has 4 rings (SSSR count). The normalized spacial score (nSPS) is 11.3. The van der Waals surface area contributed by atoms with Crippen LogP contribution in [0.4, 0.5) is 39.5 Å². The summed E-state index contributed by atoms with van der Waals surface area (Å²) >= 11 is 0. The van der Waals surface area contributed by atoms with Gasteiger partial charge in [-0.25, -0.2) is 30.7 Å². The highest BCUT2D eigenvalue weighted by molar-refractivity contribution is 5.66. The SMILES string of the molecule is CCCCCc1cc(F)c(C(F)(F)Oc2ccc(-c3cc(F)c(C#Cc4cc(F)c(F)c(F)c4)c(F)c3)cc2)c(F)c1. The van der Waals surface area contributed by atoms with Gasteiger partial charge in [0.15, 0.2) is 17.5 Å². The van der Waals surface area contributed by atoms with Crippen molar-refractivity contribution in [2.24, 2.45) is 0 Å². The number of benzene rings is 4. The summed E-state index contributed by atoms with van der Waals surface area (Å²) in [6, 6.07) is 9.04. The number of unbranched alkanes of at least 4 members (excludes halogenated alkanes) is 2. The Labute approximate surface area is 235 Å². The van der Waals surface area contributed by atoms with Crippen LogP contribution in [0, 0.1) is 52.6 Å². The first kappa shape index (κ1) is 30.6. The molecule has 0 aliphatic carbocycles. The number of hydrogen-bond donors (Lipinski definition) is 0.